The van der Waals surface area contributed by atoms with Crippen LogP contribution in [0.5, 0.6) is 0 Å². The zero-order chi connectivity index (χ0) is 13.9. The van der Waals surface area contributed by atoms with Crippen LogP contribution in [0.15, 0.2) is 0 Å². The van der Waals surface area contributed by atoms with Gasteiger partial charge in [0.05, 0.1) is 7.11 Å². The van der Waals surface area contributed by atoms with E-state index in [2.05, 4.69) is 17.1 Å². The average molecular weight is 268 g/mol. The molecule has 1 aliphatic carbocycles. The molecule has 19 heavy (non-hydrogen) atoms. The van der Waals surface area contributed by atoms with Crippen molar-refractivity contribution >= 4 is 5.97 Å². The lowest BCUT2D eigenvalue weighted by Gasteiger charge is -2.28. The van der Waals surface area contributed by atoms with E-state index in [1.54, 1.807) is 0 Å². The molecule has 0 amide bonds. The molecule has 4 heteroatoms. The second-order valence-electron chi connectivity index (χ2n) is 6.16. The van der Waals surface area contributed by atoms with Gasteiger partial charge in [0, 0.05) is 12.6 Å². The van der Waals surface area contributed by atoms with E-state index in [0.29, 0.717) is 6.04 Å². The fourth-order valence-corrected chi connectivity index (χ4v) is 3.88. The van der Waals surface area contributed by atoms with Crippen molar-refractivity contribution in [3.05, 3.63) is 0 Å². The zero-order valence-corrected chi connectivity index (χ0v) is 12.6. The van der Waals surface area contributed by atoms with Crippen molar-refractivity contribution in [3.63, 3.8) is 0 Å². The summed E-state index contributed by atoms with van der Waals surface area (Å²) < 4.78 is 4.98. The van der Waals surface area contributed by atoms with Crippen LogP contribution in [0.1, 0.15) is 45.4 Å². The van der Waals surface area contributed by atoms with Gasteiger partial charge in [0.25, 0.3) is 0 Å². The maximum atomic E-state index is 12.0. The molecule has 0 aromatic heterocycles. The van der Waals surface area contributed by atoms with Crippen LogP contribution in [0, 0.1) is 5.92 Å². The van der Waals surface area contributed by atoms with Crippen LogP contribution >= 0.6 is 0 Å². The lowest BCUT2D eigenvalue weighted by molar-refractivity contribution is -0.148. The Morgan fingerprint density at radius 2 is 2.26 bits per heavy atom. The maximum absolute atomic E-state index is 12.0. The molecule has 0 aromatic carbocycles. The molecule has 1 aliphatic heterocycles. The Balaban J connectivity index is 1.93. The molecule has 0 aromatic rings. The van der Waals surface area contributed by atoms with Crippen molar-refractivity contribution in [2.75, 3.05) is 27.2 Å². The van der Waals surface area contributed by atoms with E-state index in [0.717, 1.165) is 25.2 Å². The van der Waals surface area contributed by atoms with Gasteiger partial charge >= 0.3 is 5.97 Å². The second kappa shape index (κ2) is 6.23. The number of likely N-dealkylation sites (tertiary alicyclic amines) is 1. The smallest absolute Gasteiger partial charge is 0.326 e. The fraction of sp³-hybridized carbons (Fsp3) is 0.933. The molecule has 1 saturated carbocycles. The van der Waals surface area contributed by atoms with Crippen molar-refractivity contribution in [2.45, 2.75) is 57.0 Å². The summed E-state index contributed by atoms with van der Waals surface area (Å²) in [4.78, 5) is 14.6. The molecule has 4 nitrogen and oxygen atoms in total. The van der Waals surface area contributed by atoms with Crippen LogP contribution in [0.2, 0.25) is 0 Å². The van der Waals surface area contributed by atoms with E-state index in [4.69, 9.17) is 4.74 Å². The predicted octanol–water partition coefficient (Wildman–Crippen LogP) is 1.79. The summed E-state index contributed by atoms with van der Waals surface area (Å²) in [7, 11) is 3.37. The molecule has 0 bridgehead atoms. The topological polar surface area (TPSA) is 41.6 Å². The first kappa shape index (κ1) is 14.8. The summed E-state index contributed by atoms with van der Waals surface area (Å²) in [5.74, 6) is 0.773. The zero-order valence-electron chi connectivity index (χ0n) is 12.6. The maximum Gasteiger partial charge on any atom is 0.326 e. The SMILES string of the molecule is CCCC1CCN(C2CCC(NC)(C(=O)OC)C2)C1. The largest absolute Gasteiger partial charge is 0.468 e. The number of nitrogens with zero attached hydrogens (tertiary/aromatic N) is 1. The first-order chi connectivity index (χ1) is 9.15. The Morgan fingerprint density at radius 1 is 1.47 bits per heavy atom. The molecule has 2 aliphatic rings. The van der Waals surface area contributed by atoms with Gasteiger partial charge < -0.3 is 15.0 Å². The number of methoxy groups -OCH3 is 1. The summed E-state index contributed by atoms with van der Waals surface area (Å²) in [6.07, 6.45) is 6.86. The molecule has 2 rings (SSSR count). The predicted molar refractivity (Wildman–Crippen MR) is 76.0 cm³/mol. The van der Waals surface area contributed by atoms with Crippen LogP contribution in [-0.4, -0.2) is 49.7 Å². The van der Waals surface area contributed by atoms with Crippen molar-refractivity contribution in [2.24, 2.45) is 5.92 Å². The third-order valence-corrected chi connectivity index (χ3v) is 5.07. The Bertz CT molecular complexity index is 321. The van der Waals surface area contributed by atoms with Gasteiger partial charge in [0.1, 0.15) is 5.54 Å². The number of rotatable bonds is 5. The minimum atomic E-state index is -0.442. The molecule has 3 unspecified atom stereocenters. The number of carbonyl (C=O) groups is 1. The summed E-state index contributed by atoms with van der Waals surface area (Å²) in [5.41, 5.74) is -0.442. The highest BCUT2D eigenvalue weighted by Gasteiger charge is 2.47. The highest BCUT2D eigenvalue weighted by atomic mass is 16.5. The minimum absolute atomic E-state index is 0.0956. The molecular weight excluding hydrogens is 240 g/mol. The molecule has 110 valence electrons. The molecule has 3 atom stereocenters. The number of likely N-dealkylation sites (N-methyl/N-ethyl adjacent to an activating group) is 1. The van der Waals surface area contributed by atoms with Crippen LogP contribution in [0.4, 0.5) is 0 Å². The Kier molecular flexibility index (Phi) is 4.85. The van der Waals surface area contributed by atoms with Gasteiger partial charge in [-0.1, -0.05) is 13.3 Å². The van der Waals surface area contributed by atoms with Crippen molar-refractivity contribution in [1.29, 1.82) is 0 Å². The van der Waals surface area contributed by atoms with Crippen LogP contribution in [0.25, 0.3) is 0 Å². The summed E-state index contributed by atoms with van der Waals surface area (Å²) >= 11 is 0. The van der Waals surface area contributed by atoms with Crippen LogP contribution in [-0.2, 0) is 9.53 Å². The van der Waals surface area contributed by atoms with Gasteiger partial charge in [-0.3, -0.25) is 4.79 Å². The number of ether oxygens (including phenoxy) is 1. The number of nitrogens with one attached hydrogen (secondary N) is 1. The van der Waals surface area contributed by atoms with Crippen LogP contribution in [0.3, 0.4) is 0 Å². The van der Waals surface area contributed by atoms with Gasteiger partial charge in [0.15, 0.2) is 0 Å². The van der Waals surface area contributed by atoms with Crippen molar-refractivity contribution in [1.82, 2.24) is 10.2 Å². The first-order valence-electron chi connectivity index (χ1n) is 7.66. The van der Waals surface area contributed by atoms with E-state index >= 15 is 0 Å². The quantitative estimate of drug-likeness (QED) is 0.772. The van der Waals surface area contributed by atoms with Crippen LogP contribution < -0.4 is 5.32 Å². The second-order valence-corrected chi connectivity index (χ2v) is 6.16. The molecule has 1 saturated heterocycles. The highest BCUT2D eigenvalue weighted by molar-refractivity contribution is 5.81. The highest BCUT2D eigenvalue weighted by Crippen LogP contribution is 2.36. The Morgan fingerprint density at radius 3 is 2.89 bits per heavy atom. The number of hydrogen-bond donors (Lipinski definition) is 1. The molecular formula is C15H28N2O2. The van der Waals surface area contributed by atoms with E-state index in [9.17, 15) is 4.79 Å². The lowest BCUT2D eigenvalue weighted by Crippen LogP contribution is -2.50. The van der Waals surface area contributed by atoms with E-state index < -0.39 is 5.54 Å². The first-order valence-corrected chi connectivity index (χ1v) is 7.66. The van der Waals surface area contributed by atoms with Gasteiger partial charge in [-0.15, -0.1) is 0 Å². The third-order valence-electron chi connectivity index (χ3n) is 5.07. The minimum Gasteiger partial charge on any atom is -0.468 e. The van der Waals surface area contributed by atoms with Crippen molar-refractivity contribution < 1.29 is 9.53 Å². The van der Waals surface area contributed by atoms with Gasteiger partial charge in [0.2, 0.25) is 0 Å². The number of carbonyl (C=O) groups excluding carboxylic acids is 1. The molecule has 0 radical (unpaired) electrons. The Hall–Kier alpha value is -0.610. The van der Waals surface area contributed by atoms with Gasteiger partial charge in [-0.25, -0.2) is 0 Å². The molecule has 2 fully saturated rings. The standard InChI is InChI=1S/C15H28N2O2/c1-4-5-12-7-9-17(11-12)13-6-8-15(10-13,16-2)14(18)19-3/h12-13,16H,4-11H2,1-3H3. The summed E-state index contributed by atoms with van der Waals surface area (Å²) in [6.45, 7) is 4.69. The van der Waals surface area contributed by atoms with E-state index in [1.807, 2.05) is 7.05 Å². The summed E-state index contributed by atoms with van der Waals surface area (Å²) in [5, 5.41) is 3.22. The number of hydrogen-bond acceptors (Lipinski definition) is 4. The molecule has 1 N–H and O–H groups in total. The molecule has 0 spiro atoms. The third kappa shape index (κ3) is 2.95. The Labute approximate surface area is 116 Å². The number of esters is 1. The average Bonchev–Trinajstić information content (AvgIpc) is 3.05. The molecule has 1 heterocycles. The summed E-state index contributed by atoms with van der Waals surface area (Å²) in [6, 6.07) is 0.549. The normalized spacial score (nSPS) is 35.7. The lowest BCUT2D eigenvalue weighted by atomic mass is 9.97. The van der Waals surface area contributed by atoms with Gasteiger partial charge in [-0.05, 0) is 51.6 Å². The monoisotopic (exact) mass is 268 g/mol. The van der Waals surface area contributed by atoms with Crippen molar-refractivity contribution in [3.8, 4) is 0 Å². The van der Waals surface area contributed by atoms with E-state index in [-0.39, 0.29) is 5.97 Å². The van der Waals surface area contributed by atoms with E-state index in [1.165, 1.54) is 39.5 Å². The fourth-order valence-electron chi connectivity index (χ4n) is 3.88. The van der Waals surface area contributed by atoms with Gasteiger partial charge in [-0.2, -0.15) is 0 Å².